The first-order valence-electron chi connectivity index (χ1n) is 5.27. The molecule has 3 N–H and O–H groups in total. The van der Waals surface area contributed by atoms with Crippen molar-refractivity contribution >= 4 is 32.1 Å². The van der Waals surface area contributed by atoms with Gasteiger partial charge in [-0.2, -0.15) is 0 Å². The molecular weight excluding hydrogens is 274 g/mol. The molecule has 0 bridgehead atoms. The number of hydrogen-bond acceptors (Lipinski definition) is 6. The molecule has 0 saturated heterocycles. The van der Waals surface area contributed by atoms with Crippen molar-refractivity contribution in [1.82, 2.24) is 19.0 Å². The van der Waals surface area contributed by atoms with Crippen LogP contribution in [0.15, 0.2) is 16.6 Å². The van der Waals surface area contributed by atoms with Gasteiger partial charge in [-0.3, -0.25) is 4.40 Å². The lowest BCUT2D eigenvalue weighted by Gasteiger charge is -2.10. The van der Waals surface area contributed by atoms with E-state index in [9.17, 15) is 8.42 Å². The smallest absolute Gasteiger partial charge is 0.260 e. The summed E-state index contributed by atoms with van der Waals surface area (Å²) in [5.74, 6) is 0.0270. The van der Waals surface area contributed by atoms with Gasteiger partial charge in [-0.1, -0.05) is 0 Å². The van der Waals surface area contributed by atoms with Crippen LogP contribution in [0.25, 0.3) is 4.96 Å². The van der Waals surface area contributed by atoms with Crippen LogP contribution in [0, 0.1) is 0 Å². The third kappa shape index (κ3) is 2.48. The van der Waals surface area contributed by atoms with E-state index >= 15 is 0 Å². The number of nitrogens with zero attached hydrogens (tertiary/aromatic N) is 3. The fourth-order valence-corrected chi connectivity index (χ4v) is 3.52. The maximum Gasteiger partial charge on any atom is 0.260 e. The van der Waals surface area contributed by atoms with Crippen LogP contribution in [-0.4, -0.2) is 49.9 Å². The first-order chi connectivity index (χ1) is 8.42. The average Bonchev–Trinajstić information content (AvgIpc) is 2.74. The monoisotopic (exact) mass is 289 g/mol. The molecule has 9 heteroatoms. The molecule has 0 aliphatic carbocycles. The molecule has 0 aliphatic rings. The molecule has 0 amide bonds. The van der Waals surface area contributed by atoms with E-state index in [0.29, 0.717) is 18.1 Å². The maximum absolute atomic E-state index is 12.1. The second-order valence-electron chi connectivity index (χ2n) is 4.06. The van der Waals surface area contributed by atoms with E-state index in [1.807, 2.05) is 19.0 Å². The third-order valence-electron chi connectivity index (χ3n) is 2.35. The highest BCUT2D eigenvalue weighted by atomic mass is 32.2. The lowest BCUT2D eigenvalue weighted by Crippen LogP contribution is -2.32. The number of thiazole rings is 1. The van der Waals surface area contributed by atoms with E-state index in [1.54, 1.807) is 11.6 Å². The third-order valence-corrected chi connectivity index (χ3v) is 4.60. The van der Waals surface area contributed by atoms with Crippen LogP contribution in [-0.2, 0) is 10.0 Å². The molecule has 18 heavy (non-hydrogen) atoms. The summed E-state index contributed by atoms with van der Waals surface area (Å²) in [5.41, 5.74) is 5.66. The number of fused-ring (bicyclic) bond motifs is 1. The summed E-state index contributed by atoms with van der Waals surface area (Å²) in [4.78, 5) is 6.47. The Labute approximate surface area is 109 Å². The van der Waals surface area contributed by atoms with Gasteiger partial charge in [0.15, 0.2) is 15.8 Å². The van der Waals surface area contributed by atoms with Gasteiger partial charge >= 0.3 is 0 Å². The van der Waals surface area contributed by atoms with Crippen LogP contribution in [0.5, 0.6) is 0 Å². The normalized spacial score (nSPS) is 12.6. The van der Waals surface area contributed by atoms with Crippen molar-refractivity contribution in [2.45, 2.75) is 5.03 Å². The van der Waals surface area contributed by atoms with Crippen LogP contribution >= 0.6 is 11.3 Å². The van der Waals surface area contributed by atoms with Crippen molar-refractivity contribution < 1.29 is 8.42 Å². The fourth-order valence-electron chi connectivity index (χ4n) is 1.52. The van der Waals surface area contributed by atoms with E-state index in [1.165, 1.54) is 15.7 Å². The minimum Gasteiger partial charge on any atom is -0.381 e. The highest BCUT2D eigenvalue weighted by Gasteiger charge is 2.23. The van der Waals surface area contributed by atoms with Gasteiger partial charge in [0.25, 0.3) is 10.0 Å². The van der Waals surface area contributed by atoms with E-state index in [0.717, 1.165) is 0 Å². The summed E-state index contributed by atoms with van der Waals surface area (Å²) < 4.78 is 28.3. The van der Waals surface area contributed by atoms with Crippen molar-refractivity contribution in [2.75, 3.05) is 32.9 Å². The Kier molecular flexibility index (Phi) is 3.57. The zero-order chi connectivity index (χ0) is 13.3. The molecule has 0 spiro atoms. The summed E-state index contributed by atoms with van der Waals surface area (Å²) in [6.07, 6.45) is 1.64. The summed E-state index contributed by atoms with van der Waals surface area (Å²) in [6.45, 7) is 0.941. The standard InChI is InChI=1S/C9H15N5O2S2/c1-13(2)4-3-11-18(15,16)8-7(10)12-9-14(8)5-6-17-9/h5-6,11H,3-4,10H2,1-2H3. The molecule has 0 fully saturated rings. The molecule has 2 heterocycles. The topological polar surface area (TPSA) is 92.7 Å². The molecule has 0 aliphatic heterocycles. The number of nitrogens with one attached hydrogen (secondary N) is 1. The molecule has 100 valence electrons. The molecule has 0 atom stereocenters. The van der Waals surface area contributed by atoms with Crippen molar-refractivity contribution in [3.8, 4) is 0 Å². The lowest BCUT2D eigenvalue weighted by atomic mass is 10.6. The predicted molar refractivity (Wildman–Crippen MR) is 71.2 cm³/mol. The van der Waals surface area contributed by atoms with Gasteiger partial charge in [0.1, 0.15) is 0 Å². The van der Waals surface area contributed by atoms with E-state index < -0.39 is 10.0 Å². The Bertz CT molecular complexity index is 643. The number of rotatable bonds is 5. The number of anilines is 1. The van der Waals surface area contributed by atoms with E-state index in [4.69, 9.17) is 5.73 Å². The van der Waals surface area contributed by atoms with Gasteiger partial charge in [-0.25, -0.2) is 18.1 Å². The Balaban J connectivity index is 2.29. The van der Waals surface area contributed by atoms with E-state index in [-0.39, 0.29) is 10.8 Å². The molecule has 0 radical (unpaired) electrons. The summed E-state index contributed by atoms with van der Waals surface area (Å²) in [7, 11) is 0.113. The molecule has 2 aromatic rings. The van der Waals surface area contributed by atoms with Crippen LogP contribution in [0.1, 0.15) is 0 Å². The molecular formula is C9H15N5O2S2. The van der Waals surface area contributed by atoms with Gasteiger partial charge in [-0.15, -0.1) is 11.3 Å². The largest absolute Gasteiger partial charge is 0.381 e. The van der Waals surface area contributed by atoms with Crippen LogP contribution in [0.2, 0.25) is 0 Å². The summed E-state index contributed by atoms with van der Waals surface area (Å²) in [5, 5.41) is 1.78. The zero-order valence-electron chi connectivity index (χ0n) is 10.1. The number of nitrogen functional groups attached to an aromatic ring is 1. The Morgan fingerprint density at radius 2 is 2.28 bits per heavy atom. The van der Waals surface area contributed by atoms with Crippen LogP contribution in [0.4, 0.5) is 5.82 Å². The Morgan fingerprint density at radius 1 is 1.56 bits per heavy atom. The zero-order valence-corrected chi connectivity index (χ0v) is 11.8. The number of hydrogen-bond donors (Lipinski definition) is 2. The first-order valence-corrected chi connectivity index (χ1v) is 7.63. The molecule has 0 unspecified atom stereocenters. The van der Waals surface area contributed by atoms with Gasteiger partial charge < -0.3 is 10.6 Å². The van der Waals surface area contributed by atoms with Crippen LogP contribution in [0.3, 0.4) is 0 Å². The van der Waals surface area contributed by atoms with E-state index in [2.05, 4.69) is 9.71 Å². The second kappa shape index (κ2) is 4.84. The molecule has 0 aromatic carbocycles. The maximum atomic E-state index is 12.1. The first kappa shape index (κ1) is 13.3. The number of aromatic nitrogens is 2. The SMILES string of the molecule is CN(C)CCNS(=O)(=O)c1c(N)nc2sccn12. The number of likely N-dealkylation sites (N-methyl/N-ethyl adjacent to an activating group) is 1. The van der Waals surface area contributed by atoms with Gasteiger partial charge in [-0.05, 0) is 14.1 Å². The second-order valence-corrected chi connectivity index (χ2v) is 6.61. The summed E-state index contributed by atoms with van der Waals surface area (Å²) in [6, 6.07) is 0. The quantitative estimate of drug-likeness (QED) is 0.796. The minimum atomic E-state index is -3.63. The number of imidazole rings is 1. The molecule has 0 saturated carbocycles. The highest BCUT2D eigenvalue weighted by Crippen LogP contribution is 2.22. The number of nitrogens with two attached hydrogens (primary N) is 1. The highest BCUT2D eigenvalue weighted by molar-refractivity contribution is 7.89. The fraction of sp³-hybridized carbons (Fsp3) is 0.444. The predicted octanol–water partition coefficient (Wildman–Crippen LogP) is -0.182. The van der Waals surface area contributed by atoms with Crippen molar-refractivity contribution in [1.29, 1.82) is 0 Å². The van der Waals surface area contributed by atoms with Gasteiger partial charge in [0.2, 0.25) is 0 Å². The van der Waals surface area contributed by atoms with Gasteiger partial charge in [0.05, 0.1) is 0 Å². The Hall–Kier alpha value is -1.16. The lowest BCUT2D eigenvalue weighted by molar-refractivity contribution is 0.412. The van der Waals surface area contributed by atoms with Crippen LogP contribution < -0.4 is 10.5 Å². The van der Waals surface area contributed by atoms with Crippen molar-refractivity contribution in [3.05, 3.63) is 11.6 Å². The van der Waals surface area contributed by atoms with Crippen molar-refractivity contribution in [3.63, 3.8) is 0 Å². The molecule has 7 nitrogen and oxygen atoms in total. The summed E-state index contributed by atoms with van der Waals surface area (Å²) >= 11 is 1.34. The molecule has 2 aromatic heterocycles. The van der Waals surface area contributed by atoms with Crippen molar-refractivity contribution in [2.24, 2.45) is 0 Å². The Morgan fingerprint density at radius 3 is 2.94 bits per heavy atom. The van der Waals surface area contributed by atoms with Gasteiger partial charge in [0, 0.05) is 24.7 Å². The molecule has 2 rings (SSSR count). The number of sulfonamides is 1. The minimum absolute atomic E-state index is 0.0116. The average molecular weight is 289 g/mol.